The zero-order valence-corrected chi connectivity index (χ0v) is 19.3. The number of carbonyl (C=O) groups is 1. The number of ether oxygens (including phenoxy) is 1. The van der Waals surface area contributed by atoms with E-state index in [0.29, 0.717) is 20.8 Å². The largest absolute Gasteiger partial charge is 0.465 e. The Morgan fingerprint density at radius 3 is 2.36 bits per heavy atom. The fourth-order valence-corrected chi connectivity index (χ4v) is 5.35. The fraction of sp³-hybridized carbons (Fsp3) is 0.240. The van der Waals surface area contributed by atoms with Crippen LogP contribution < -0.4 is 5.56 Å². The summed E-state index contributed by atoms with van der Waals surface area (Å²) in [6.07, 6.45) is 1.81. The van der Waals surface area contributed by atoms with Gasteiger partial charge in [-0.05, 0) is 30.6 Å². The first-order valence-corrected chi connectivity index (χ1v) is 11.6. The van der Waals surface area contributed by atoms with Crippen LogP contribution in [0.3, 0.4) is 0 Å². The third-order valence-corrected chi connectivity index (χ3v) is 7.11. The van der Waals surface area contributed by atoms with Gasteiger partial charge in [0.05, 0.1) is 19.1 Å². The van der Waals surface area contributed by atoms with E-state index in [1.807, 2.05) is 60.9 Å². The van der Waals surface area contributed by atoms with Gasteiger partial charge in [-0.2, -0.15) is 0 Å². The Balaban J connectivity index is 1.81. The van der Waals surface area contributed by atoms with Crippen LogP contribution in [0.1, 0.15) is 9.67 Å². The third kappa shape index (κ3) is 3.81. The van der Waals surface area contributed by atoms with Gasteiger partial charge in [0.15, 0.2) is 0 Å². The monoisotopic (exact) mass is 460 g/mol. The van der Waals surface area contributed by atoms with Crippen LogP contribution in [-0.2, 0) is 4.74 Å². The number of rotatable bonds is 4. The standard InChI is InChI=1S/C25H24N4O3S/c1-27-12-14-28(15-13-27)16-26-21-20-18-10-6-7-11-19(18)23(30)29(17-8-4-3-5-9-17)24(20)33-22(21)25(31)32-2/h3-11,16H,12-15H2,1-2H3. The lowest BCUT2D eigenvalue weighted by molar-refractivity contribution is 0.0607. The Morgan fingerprint density at radius 2 is 1.67 bits per heavy atom. The van der Waals surface area contributed by atoms with Gasteiger partial charge < -0.3 is 14.5 Å². The first kappa shape index (κ1) is 21.4. The second kappa shape index (κ2) is 8.80. The van der Waals surface area contributed by atoms with Crippen molar-refractivity contribution < 1.29 is 9.53 Å². The van der Waals surface area contributed by atoms with Gasteiger partial charge in [-0.25, -0.2) is 9.79 Å². The lowest BCUT2D eigenvalue weighted by Crippen LogP contribution is -2.43. The molecule has 168 valence electrons. The minimum Gasteiger partial charge on any atom is -0.465 e. The highest BCUT2D eigenvalue weighted by Gasteiger charge is 2.25. The topological polar surface area (TPSA) is 67.1 Å². The second-order valence-electron chi connectivity index (χ2n) is 8.06. The maximum absolute atomic E-state index is 13.5. The molecule has 0 unspecified atom stereocenters. The minimum absolute atomic E-state index is 0.128. The molecule has 0 spiro atoms. The van der Waals surface area contributed by atoms with Gasteiger partial charge in [-0.1, -0.05) is 36.4 Å². The third-order valence-electron chi connectivity index (χ3n) is 5.97. The molecule has 1 saturated heterocycles. The molecule has 4 aromatic rings. The number of thiophene rings is 1. The molecule has 3 heterocycles. The number of piperazine rings is 1. The second-order valence-corrected chi connectivity index (χ2v) is 9.06. The number of benzene rings is 2. The van der Waals surface area contributed by atoms with Gasteiger partial charge >= 0.3 is 5.97 Å². The van der Waals surface area contributed by atoms with E-state index in [4.69, 9.17) is 9.73 Å². The SMILES string of the molecule is COC(=O)c1sc2c(c1N=CN1CCN(C)CC1)c1ccccc1c(=O)n2-c1ccccc1. The number of pyridine rings is 1. The molecule has 0 bridgehead atoms. The Bertz CT molecular complexity index is 1420. The Morgan fingerprint density at radius 1 is 1.00 bits per heavy atom. The molecule has 1 aliphatic rings. The first-order chi connectivity index (χ1) is 16.1. The van der Waals surface area contributed by atoms with Crippen LogP contribution >= 0.6 is 11.3 Å². The van der Waals surface area contributed by atoms with E-state index in [-0.39, 0.29) is 5.56 Å². The van der Waals surface area contributed by atoms with E-state index in [1.54, 1.807) is 4.57 Å². The Hall–Kier alpha value is -3.49. The van der Waals surface area contributed by atoms with E-state index in [1.165, 1.54) is 18.4 Å². The molecule has 7 nitrogen and oxygen atoms in total. The molecule has 0 aliphatic carbocycles. The Kier molecular flexibility index (Phi) is 5.70. The van der Waals surface area contributed by atoms with Crippen molar-refractivity contribution in [2.75, 3.05) is 40.3 Å². The smallest absolute Gasteiger partial charge is 0.350 e. The number of hydrogen-bond acceptors (Lipinski definition) is 6. The van der Waals surface area contributed by atoms with Gasteiger partial charge in [0.25, 0.3) is 5.56 Å². The Labute approximate surface area is 195 Å². The van der Waals surface area contributed by atoms with Crippen molar-refractivity contribution >= 4 is 50.3 Å². The maximum Gasteiger partial charge on any atom is 0.350 e. The van der Waals surface area contributed by atoms with Crippen LogP contribution in [0.4, 0.5) is 5.69 Å². The van der Waals surface area contributed by atoms with Gasteiger partial charge in [0, 0.05) is 37.0 Å². The van der Waals surface area contributed by atoms with Crippen molar-refractivity contribution in [3.05, 3.63) is 69.8 Å². The molecule has 0 N–H and O–H groups in total. The zero-order chi connectivity index (χ0) is 22.9. The van der Waals surface area contributed by atoms with Gasteiger partial charge in [-0.15, -0.1) is 11.3 Å². The van der Waals surface area contributed by atoms with Crippen molar-refractivity contribution in [2.45, 2.75) is 0 Å². The van der Waals surface area contributed by atoms with E-state index >= 15 is 0 Å². The van der Waals surface area contributed by atoms with Crippen LogP contribution in [0.25, 0.3) is 26.7 Å². The van der Waals surface area contributed by atoms with E-state index < -0.39 is 5.97 Å². The van der Waals surface area contributed by atoms with E-state index in [2.05, 4.69) is 16.8 Å². The average Bonchev–Trinajstić information content (AvgIpc) is 3.23. The molecule has 0 atom stereocenters. The normalized spacial score (nSPS) is 15.0. The van der Waals surface area contributed by atoms with Crippen LogP contribution in [0.5, 0.6) is 0 Å². The number of aliphatic imine (C=N–C) groups is 1. The summed E-state index contributed by atoms with van der Waals surface area (Å²) in [5.41, 5.74) is 1.16. The average molecular weight is 461 g/mol. The first-order valence-electron chi connectivity index (χ1n) is 10.8. The molecular weight excluding hydrogens is 436 g/mol. The van der Waals surface area contributed by atoms with Gasteiger partial charge in [0.1, 0.15) is 15.4 Å². The molecule has 33 heavy (non-hydrogen) atoms. The summed E-state index contributed by atoms with van der Waals surface area (Å²) in [5.74, 6) is -0.460. The van der Waals surface area contributed by atoms with Gasteiger partial charge in [-0.3, -0.25) is 9.36 Å². The van der Waals surface area contributed by atoms with Crippen molar-refractivity contribution in [1.82, 2.24) is 14.4 Å². The van der Waals surface area contributed by atoms with Crippen LogP contribution in [0.15, 0.2) is 64.4 Å². The van der Waals surface area contributed by atoms with Crippen molar-refractivity contribution in [3.8, 4) is 5.69 Å². The molecule has 0 saturated carbocycles. The van der Waals surface area contributed by atoms with Gasteiger partial charge in [0.2, 0.25) is 0 Å². The summed E-state index contributed by atoms with van der Waals surface area (Å²) in [7, 11) is 3.47. The van der Waals surface area contributed by atoms with Crippen molar-refractivity contribution in [3.63, 3.8) is 0 Å². The van der Waals surface area contributed by atoms with E-state index in [9.17, 15) is 9.59 Å². The zero-order valence-electron chi connectivity index (χ0n) is 18.5. The summed E-state index contributed by atoms with van der Waals surface area (Å²) in [6.45, 7) is 3.64. The summed E-state index contributed by atoms with van der Waals surface area (Å²) in [4.78, 5) is 36.6. The molecule has 2 aromatic carbocycles. The summed E-state index contributed by atoms with van der Waals surface area (Å²) in [5, 5.41) is 2.14. The van der Waals surface area contributed by atoms with Crippen molar-refractivity contribution in [2.24, 2.45) is 4.99 Å². The lowest BCUT2D eigenvalue weighted by atomic mass is 10.1. The quantitative estimate of drug-likeness (QED) is 0.263. The maximum atomic E-state index is 13.5. The number of para-hydroxylation sites is 1. The summed E-state index contributed by atoms with van der Waals surface area (Å²) < 4.78 is 6.76. The number of methoxy groups -OCH3 is 1. The molecule has 8 heteroatoms. The highest BCUT2D eigenvalue weighted by Crippen LogP contribution is 2.42. The molecule has 2 aromatic heterocycles. The summed E-state index contributed by atoms with van der Waals surface area (Å²) in [6, 6.07) is 17.0. The minimum atomic E-state index is -0.460. The number of fused-ring (bicyclic) bond motifs is 3. The molecule has 0 radical (unpaired) electrons. The molecule has 5 rings (SSSR count). The predicted molar refractivity (Wildman–Crippen MR) is 133 cm³/mol. The number of carbonyl (C=O) groups excluding carboxylic acids is 1. The molecular formula is C25H24N4O3S. The summed E-state index contributed by atoms with van der Waals surface area (Å²) >= 11 is 1.24. The van der Waals surface area contributed by atoms with E-state index in [0.717, 1.165) is 42.6 Å². The number of aromatic nitrogens is 1. The highest BCUT2D eigenvalue weighted by molar-refractivity contribution is 7.21. The van der Waals surface area contributed by atoms with Crippen LogP contribution in [0, 0.1) is 0 Å². The molecule has 1 fully saturated rings. The highest BCUT2D eigenvalue weighted by atomic mass is 32.1. The number of likely N-dealkylation sites (N-methyl/N-ethyl adjacent to an activating group) is 1. The number of esters is 1. The molecule has 0 amide bonds. The predicted octanol–water partition coefficient (Wildman–Crippen LogP) is 3.90. The lowest BCUT2D eigenvalue weighted by Gasteiger charge is -2.30. The fourth-order valence-electron chi connectivity index (χ4n) is 4.15. The molecule has 1 aliphatic heterocycles. The van der Waals surface area contributed by atoms with Crippen LogP contribution in [-0.4, -0.2) is 67.0 Å². The van der Waals surface area contributed by atoms with Crippen LogP contribution in [0.2, 0.25) is 0 Å². The van der Waals surface area contributed by atoms with Crippen molar-refractivity contribution in [1.29, 1.82) is 0 Å². The number of hydrogen-bond donors (Lipinski definition) is 0. The number of nitrogens with zero attached hydrogens (tertiary/aromatic N) is 4.